The smallest absolute Gasteiger partial charge is 0.489 e. The molecule has 2 saturated carbocycles. The predicted molar refractivity (Wildman–Crippen MR) is 100 cm³/mol. The van der Waals surface area contributed by atoms with Crippen molar-refractivity contribution in [3.8, 4) is 11.5 Å². The molecule has 0 bridgehead atoms. The SMILES string of the molecule is Cc1c(CC/C=C/C2CCCC2)ccc(OCC2CCC2)c1OC(F)(F)F. The van der Waals surface area contributed by atoms with E-state index in [1.807, 2.05) is 6.07 Å². The summed E-state index contributed by atoms with van der Waals surface area (Å²) in [5, 5.41) is 0. The number of alkyl halides is 3. The van der Waals surface area contributed by atoms with Crippen LogP contribution in [0, 0.1) is 18.8 Å². The molecule has 1 aromatic carbocycles. The molecule has 0 amide bonds. The van der Waals surface area contributed by atoms with Gasteiger partial charge in [-0.1, -0.05) is 37.5 Å². The van der Waals surface area contributed by atoms with Gasteiger partial charge in [0.25, 0.3) is 0 Å². The summed E-state index contributed by atoms with van der Waals surface area (Å²) in [5.41, 5.74) is 1.40. The highest BCUT2D eigenvalue weighted by Crippen LogP contribution is 2.38. The highest BCUT2D eigenvalue weighted by Gasteiger charge is 2.34. The minimum atomic E-state index is -4.72. The summed E-state index contributed by atoms with van der Waals surface area (Å²) in [6.07, 6.45) is 9.69. The van der Waals surface area contributed by atoms with Crippen LogP contribution < -0.4 is 9.47 Å². The van der Waals surface area contributed by atoms with Gasteiger partial charge in [-0.3, -0.25) is 0 Å². The summed E-state index contributed by atoms with van der Waals surface area (Å²) in [6, 6.07) is 3.50. The molecule has 5 heteroatoms. The first-order chi connectivity index (χ1) is 12.9. The van der Waals surface area contributed by atoms with E-state index in [4.69, 9.17) is 4.74 Å². The zero-order chi connectivity index (χ0) is 19.3. The molecule has 0 heterocycles. The Labute approximate surface area is 159 Å². The second-order valence-corrected chi connectivity index (χ2v) is 7.84. The fourth-order valence-electron chi connectivity index (χ4n) is 3.88. The minimum absolute atomic E-state index is 0.181. The zero-order valence-electron chi connectivity index (χ0n) is 16.0. The van der Waals surface area contributed by atoms with Crippen molar-refractivity contribution in [1.29, 1.82) is 0 Å². The van der Waals surface area contributed by atoms with E-state index in [1.165, 1.54) is 32.1 Å². The highest BCUT2D eigenvalue weighted by molar-refractivity contribution is 5.50. The maximum absolute atomic E-state index is 12.9. The van der Waals surface area contributed by atoms with Gasteiger partial charge < -0.3 is 9.47 Å². The van der Waals surface area contributed by atoms with Crippen LogP contribution in [0.1, 0.15) is 62.5 Å². The summed E-state index contributed by atoms with van der Waals surface area (Å²) in [4.78, 5) is 0. The number of rotatable bonds is 8. The standard InChI is InChI=1S/C22H29F3O2/c1-16-19(12-5-4-9-17-7-2-3-8-17)13-14-20(21(16)27-22(23,24)25)26-15-18-10-6-11-18/h4,9,13-14,17-18H,2-3,5-8,10-12,15H2,1H3/b9-4+. The third-order valence-electron chi connectivity index (χ3n) is 5.79. The molecule has 0 spiro atoms. The molecule has 0 atom stereocenters. The molecule has 2 aliphatic rings. The molecule has 27 heavy (non-hydrogen) atoms. The lowest BCUT2D eigenvalue weighted by Crippen LogP contribution is -2.21. The van der Waals surface area contributed by atoms with Gasteiger partial charge in [0.05, 0.1) is 6.61 Å². The molecule has 0 radical (unpaired) electrons. The van der Waals surface area contributed by atoms with Crippen molar-refractivity contribution < 1.29 is 22.6 Å². The third-order valence-corrected chi connectivity index (χ3v) is 5.79. The van der Waals surface area contributed by atoms with Crippen LogP contribution >= 0.6 is 0 Å². The summed E-state index contributed by atoms with van der Waals surface area (Å²) in [7, 11) is 0. The molecule has 3 rings (SSSR count). The van der Waals surface area contributed by atoms with E-state index in [2.05, 4.69) is 16.9 Å². The number of benzene rings is 1. The van der Waals surface area contributed by atoms with Crippen molar-refractivity contribution in [3.63, 3.8) is 0 Å². The van der Waals surface area contributed by atoms with Crippen molar-refractivity contribution >= 4 is 0 Å². The first kappa shape index (κ1) is 20.1. The second-order valence-electron chi connectivity index (χ2n) is 7.84. The highest BCUT2D eigenvalue weighted by atomic mass is 19.4. The van der Waals surface area contributed by atoms with Crippen LogP contribution in [0.15, 0.2) is 24.3 Å². The first-order valence-electron chi connectivity index (χ1n) is 10.1. The van der Waals surface area contributed by atoms with Crippen molar-refractivity contribution in [1.82, 2.24) is 0 Å². The summed E-state index contributed by atoms with van der Waals surface area (Å²) in [5.74, 6) is 1.14. The lowest BCUT2D eigenvalue weighted by atomic mass is 9.86. The van der Waals surface area contributed by atoms with Gasteiger partial charge in [-0.05, 0) is 74.5 Å². The number of allylic oxidation sites excluding steroid dienone is 2. The molecule has 0 aromatic heterocycles. The van der Waals surface area contributed by atoms with Crippen molar-refractivity contribution in [3.05, 3.63) is 35.4 Å². The van der Waals surface area contributed by atoms with E-state index in [-0.39, 0.29) is 11.5 Å². The summed E-state index contributed by atoms with van der Waals surface area (Å²) in [6.45, 7) is 2.14. The third kappa shape index (κ3) is 5.91. The Morgan fingerprint density at radius 3 is 2.44 bits per heavy atom. The van der Waals surface area contributed by atoms with Gasteiger partial charge in [0.1, 0.15) is 0 Å². The fraction of sp³-hybridized carbons (Fsp3) is 0.636. The number of ether oxygens (including phenoxy) is 2. The molecule has 2 nitrogen and oxygen atoms in total. The summed E-state index contributed by atoms with van der Waals surface area (Å²) < 4.78 is 48.7. The minimum Gasteiger partial charge on any atom is -0.489 e. The Morgan fingerprint density at radius 1 is 1.07 bits per heavy atom. The second kappa shape index (κ2) is 9.03. The van der Waals surface area contributed by atoms with E-state index in [1.54, 1.807) is 13.0 Å². The van der Waals surface area contributed by atoms with Crippen LogP contribution in [0.5, 0.6) is 11.5 Å². The van der Waals surface area contributed by atoms with Gasteiger partial charge in [-0.25, -0.2) is 0 Å². The van der Waals surface area contributed by atoms with Crippen molar-refractivity contribution in [2.24, 2.45) is 11.8 Å². The Hall–Kier alpha value is -1.65. The molecule has 2 fully saturated rings. The predicted octanol–water partition coefficient (Wildman–Crippen LogP) is 6.75. The molecular formula is C22H29F3O2. The van der Waals surface area contributed by atoms with E-state index in [0.717, 1.165) is 24.8 Å². The molecule has 0 unspecified atom stereocenters. The molecule has 0 N–H and O–H groups in total. The Bertz CT molecular complexity index is 642. The lowest BCUT2D eigenvalue weighted by Gasteiger charge is -2.26. The average molecular weight is 382 g/mol. The van der Waals surface area contributed by atoms with Gasteiger partial charge >= 0.3 is 6.36 Å². The van der Waals surface area contributed by atoms with E-state index in [0.29, 0.717) is 30.4 Å². The van der Waals surface area contributed by atoms with Crippen LogP contribution in [0.3, 0.4) is 0 Å². The van der Waals surface area contributed by atoms with E-state index in [9.17, 15) is 13.2 Å². The maximum atomic E-state index is 12.9. The zero-order valence-corrected chi connectivity index (χ0v) is 16.0. The van der Waals surface area contributed by atoms with Gasteiger partial charge in [0.15, 0.2) is 11.5 Å². The van der Waals surface area contributed by atoms with E-state index < -0.39 is 6.36 Å². The normalized spacial score (nSPS) is 18.8. The molecule has 0 aliphatic heterocycles. The largest absolute Gasteiger partial charge is 0.573 e. The number of hydrogen-bond donors (Lipinski definition) is 0. The van der Waals surface area contributed by atoms with Crippen LogP contribution in [0.25, 0.3) is 0 Å². The molecule has 150 valence electrons. The number of aryl methyl sites for hydroxylation is 1. The maximum Gasteiger partial charge on any atom is 0.573 e. The van der Waals surface area contributed by atoms with E-state index >= 15 is 0 Å². The number of halogens is 3. The average Bonchev–Trinajstić information content (AvgIpc) is 3.07. The molecule has 2 aliphatic carbocycles. The molecule has 0 saturated heterocycles. The van der Waals surface area contributed by atoms with Gasteiger partial charge in [-0.2, -0.15) is 0 Å². The lowest BCUT2D eigenvalue weighted by molar-refractivity contribution is -0.275. The Balaban J connectivity index is 1.66. The quantitative estimate of drug-likeness (QED) is 0.463. The number of hydrogen-bond acceptors (Lipinski definition) is 2. The van der Waals surface area contributed by atoms with Crippen molar-refractivity contribution in [2.75, 3.05) is 6.61 Å². The monoisotopic (exact) mass is 382 g/mol. The molecule has 1 aromatic rings. The van der Waals surface area contributed by atoms with Crippen LogP contribution in [-0.4, -0.2) is 13.0 Å². The fourth-order valence-corrected chi connectivity index (χ4v) is 3.88. The van der Waals surface area contributed by atoms with Crippen LogP contribution in [0.4, 0.5) is 13.2 Å². The topological polar surface area (TPSA) is 18.5 Å². The summed E-state index contributed by atoms with van der Waals surface area (Å²) >= 11 is 0. The van der Waals surface area contributed by atoms with Crippen LogP contribution in [0.2, 0.25) is 0 Å². The van der Waals surface area contributed by atoms with Gasteiger partial charge in [0.2, 0.25) is 0 Å². The Kier molecular flexibility index (Phi) is 6.72. The van der Waals surface area contributed by atoms with Gasteiger partial charge in [0, 0.05) is 0 Å². The molecular weight excluding hydrogens is 353 g/mol. The van der Waals surface area contributed by atoms with Crippen LogP contribution in [-0.2, 0) is 6.42 Å². The first-order valence-corrected chi connectivity index (χ1v) is 10.1. The van der Waals surface area contributed by atoms with Crippen molar-refractivity contribution in [2.45, 2.75) is 71.1 Å². The van der Waals surface area contributed by atoms with Gasteiger partial charge in [-0.15, -0.1) is 13.2 Å². The Morgan fingerprint density at radius 2 is 1.81 bits per heavy atom.